The Bertz CT molecular complexity index is 979. The van der Waals surface area contributed by atoms with Gasteiger partial charge in [0.15, 0.2) is 5.78 Å². The molecule has 6 nitrogen and oxygen atoms in total. The maximum Gasteiger partial charge on any atom is 0.349 e. The second kappa shape index (κ2) is 9.75. The molecular formula is C20H20BrNO5S. The molecule has 0 bridgehead atoms. The fourth-order valence-corrected chi connectivity index (χ4v) is 4.06. The van der Waals surface area contributed by atoms with Gasteiger partial charge in [-0.3, -0.25) is 4.79 Å². The van der Waals surface area contributed by atoms with E-state index < -0.39 is 11.9 Å². The van der Waals surface area contributed by atoms with E-state index in [1.54, 1.807) is 32.9 Å². The van der Waals surface area contributed by atoms with E-state index in [4.69, 9.17) is 9.47 Å². The van der Waals surface area contributed by atoms with E-state index in [2.05, 4.69) is 20.9 Å². The molecule has 0 saturated carbocycles. The van der Waals surface area contributed by atoms with Crippen LogP contribution in [0.15, 0.2) is 33.7 Å². The Labute approximate surface area is 175 Å². The lowest BCUT2D eigenvalue weighted by molar-refractivity contribution is 0.0482. The minimum Gasteiger partial charge on any atom is -0.462 e. The number of esters is 2. The lowest BCUT2D eigenvalue weighted by Crippen LogP contribution is -2.22. The van der Waals surface area contributed by atoms with Crippen molar-refractivity contribution in [1.29, 1.82) is 0 Å². The number of hydrogen-bond acceptors (Lipinski definition) is 7. The number of ketones is 1. The number of carbonyl (C=O) groups excluding carboxylic acids is 3. The second-order valence-electron chi connectivity index (χ2n) is 5.70. The number of Topliss-reactive ketones (excluding diaryl/α,β-unsaturated/α-hetero) is 1. The summed E-state index contributed by atoms with van der Waals surface area (Å²) < 4.78 is 11.4. The number of halogens is 1. The number of ether oxygens (including phenoxy) is 2. The number of hydrogen-bond donors (Lipinski definition) is 0. The van der Waals surface area contributed by atoms with Gasteiger partial charge >= 0.3 is 11.9 Å². The Kier molecular flexibility index (Phi) is 7.65. The van der Waals surface area contributed by atoms with E-state index in [9.17, 15) is 14.4 Å². The summed E-state index contributed by atoms with van der Waals surface area (Å²) in [6.45, 7) is 6.65. The first-order valence-electron chi connectivity index (χ1n) is 8.63. The molecule has 2 rings (SSSR count). The Hall–Kier alpha value is -2.32. The van der Waals surface area contributed by atoms with E-state index in [0.717, 1.165) is 15.8 Å². The number of rotatable bonds is 6. The van der Waals surface area contributed by atoms with Gasteiger partial charge in [-0.1, -0.05) is 15.9 Å². The molecule has 0 fully saturated rings. The zero-order valence-corrected chi connectivity index (χ0v) is 18.4. The molecule has 1 heterocycles. The van der Waals surface area contributed by atoms with Crippen molar-refractivity contribution in [3.05, 3.63) is 55.0 Å². The molecule has 0 aliphatic carbocycles. The van der Waals surface area contributed by atoms with Crippen molar-refractivity contribution in [1.82, 2.24) is 0 Å². The van der Waals surface area contributed by atoms with Crippen LogP contribution < -0.4 is 4.67 Å². The van der Waals surface area contributed by atoms with Crippen LogP contribution in [0.1, 0.15) is 56.7 Å². The summed E-state index contributed by atoms with van der Waals surface area (Å²) in [7, 11) is 0. The molecule has 8 heteroatoms. The summed E-state index contributed by atoms with van der Waals surface area (Å²) in [5.41, 5.74) is 1.29. The zero-order chi connectivity index (χ0) is 20.8. The average Bonchev–Trinajstić information content (AvgIpc) is 2.63. The zero-order valence-electron chi connectivity index (χ0n) is 16.0. The van der Waals surface area contributed by atoms with Crippen LogP contribution in [-0.4, -0.2) is 30.9 Å². The molecule has 0 aliphatic rings. The van der Waals surface area contributed by atoms with E-state index in [1.807, 2.05) is 12.1 Å². The van der Waals surface area contributed by atoms with Crippen LogP contribution in [0.4, 0.5) is 5.69 Å². The summed E-state index contributed by atoms with van der Waals surface area (Å²) in [6.07, 6.45) is 0. The Balaban J connectivity index is 2.84. The van der Waals surface area contributed by atoms with Crippen molar-refractivity contribution in [2.45, 2.75) is 27.7 Å². The minimum absolute atomic E-state index is 0.0465. The molecule has 0 N–H and O–H groups in total. The van der Waals surface area contributed by atoms with Crippen molar-refractivity contribution in [2.75, 3.05) is 13.2 Å². The van der Waals surface area contributed by atoms with Gasteiger partial charge in [-0.05, 0) is 57.5 Å². The van der Waals surface area contributed by atoms with Gasteiger partial charge in [0.1, 0.15) is 9.55 Å². The topological polar surface area (TPSA) is 82.0 Å². The predicted octanol–water partition coefficient (Wildman–Crippen LogP) is 4.61. The van der Waals surface area contributed by atoms with Gasteiger partial charge in [-0.25, -0.2) is 14.6 Å². The van der Waals surface area contributed by atoms with Gasteiger partial charge in [0.25, 0.3) is 0 Å². The van der Waals surface area contributed by atoms with Crippen molar-refractivity contribution in [2.24, 2.45) is 4.99 Å². The summed E-state index contributed by atoms with van der Waals surface area (Å²) in [6, 6.07) is 7.20. The molecule has 0 amide bonds. The number of carbonyl (C=O) groups is 3. The summed E-state index contributed by atoms with van der Waals surface area (Å²) in [5, 5.41) is 0. The summed E-state index contributed by atoms with van der Waals surface area (Å²) in [5.74, 6) is -1.58. The van der Waals surface area contributed by atoms with E-state index in [0.29, 0.717) is 15.9 Å². The van der Waals surface area contributed by atoms with Crippen molar-refractivity contribution in [3.63, 3.8) is 0 Å². The lowest BCUT2D eigenvalue weighted by Gasteiger charge is -2.13. The first-order chi connectivity index (χ1) is 13.3. The first kappa shape index (κ1) is 22.0. The number of nitrogens with zero attached hydrogens (tertiary/aromatic N) is 1. The quantitative estimate of drug-likeness (QED) is 0.459. The first-order valence-corrected chi connectivity index (χ1v) is 10.2. The standard InChI is InChI=1S/C20H20BrNO5S/c1-5-26-19(24)16-11(3)15(12(4)23)18(28-17(16)20(25)27-6-2)22-14-9-7-13(21)8-10-14/h7-10H,5-6H2,1-4H3. The fraction of sp³-hybridized carbons (Fsp3) is 0.300. The molecule has 28 heavy (non-hydrogen) atoms. The number of benzene rings is 1. The molecule has 0 radical (unpaired) electrons. The maximum absolute atomic E-state index is 12.5. The second-order valence-corrected chi connectivity index (χ2v) is 7.61. The monoisotopic (exact) mass is 465 g/mol. The smallest absolute Gasteiger partial charge is 0.349 e. The van der Waals surface area contributed by atoms with Crippen molar-refractivity contribution < 1.29 is 23.9 Å². The van der Waals surface area contributed by atoms with Gasteiger partial charge in [-0.2, -0.15) is 0 Å². The van der Waals surface area contributed by atoms with Gasteiger partial charge in [0, 0.05) is 4.47 Å². The fourth-order valence-electron chi connectivity index (χ4n) is 2.57. The molecule has 0 atom stereocenters. The molecule has 1 aromatic carbocycles. The molecular weight excluding hydrogens is 446 g/mol. The maximum atomic E-state index is 12.5. The van der Waals surface area contributed by atoms with Crippen LogP contribution in [0.25, 0.3) is 0 Å². The van der Waals surface area contributed by atoms with Crippen LogP contribution in [0.3, 0.4) is 0 Å². The van der Waals surface area contributed by atoms with Crippen LogP contribution >= 0.6 is 27.3 Å². The molecule has 1 aromatic heterocycles. The van der Waals surface area contributed by atoms with E-state index in [-0.39, 0.29) is 35.0 Å². The van der Waals surface area contributed by atoms with Crippen LogP contribution in [0.5, 0.6) is 0 Å². The highest BCUT2D eigenvalue weighted by atomic mass is 79.9. The van der Waals surface area contributed by atoms with Crippen LogP contribution in [-0.2, 0) is 9.47 Å². The van der Waals surface area contributed by atoms with Gasteiger partial charge in [-0.15, -0.1) is 11.3 Å². The van der Waals surface area contributed by atoms with Gasteiger partial charge in [0.2, 0.25) is 0 Å². The minimum atomic E-state index is -0.669. The molecule has 0 unspecified atom stereocenters. The summed E-state index contributed by atoms with van der Waals surface area (Å²) >= 11 is 4.31. The Morgan fingerprint density at radius 3 is 2.11 bits per heavy atom. The Morgan fingerprint density at radius 1 is 1.00 bits per heavy atom. The SMILES string of the molecule is CCOC(=O)c1sc(=Nc2ccc(Br)cc2)c(C(C)=O)c(C)c1C(=O)OCC. The third kappa shape index (κ3) is 4.94. The molecule has 0 aliphatic heterocycles. The van der Waals surface area contributed by atoms with E-state index >= 15 is 0 Å². The van der Waals surface area contributed by atoms with Crippen LogP contribution in [0.2, 0.25) is 0 Å². The van der Waals surface area contributed by atoms with E-state index in [1.165, 1.54) is 6.92 Å². The van der Waals surface area contributed by atoms with Crippen LogP contribution in [0, 0.1) is 6.92 Å². The lowest BCUT2D eigenvalue weighted by atomic mass is 10.0. The Morgan fingerprint density at radius 2 is 1.57 bits per heavy atom. The third-order valence-corrected chi connectivity index (χ3v) is 5.33. The van der Waals surface area contributed by atoms with Crippen molar-refractivity contribution in [3.8, 4) is 0 Å². The molecule has 0 spiro atoms. The predicted molar refractivity (Wildman–Crippen MR) is 110 cm³/mol. The molecule has 148 valence electrons. The summed E-state index contributed by atoms with van der Waals surface area (Å²) in [4.78, 5) is 42.0. The molecule has 2 aromatic rings. The highest BCUT2D eigenvalue weighted by Gasteiger charge is 2.27. The van der Waals surface area contributed by atoms with Gasteiger partial charge in [0.05, 0.1) is 30.0 Å². The van der Waals surface area contributed by atoms with Gasteiger partial charge < -0.3 is 9.47 Å². The average molecular weight is 466 g/mol. The third-order valence-electron chi connectivity index (χ3n) is 3.74. The van der Waals surface area contributed by atoms with Crippen molar-refractivity contribution >= 4 is 50.7 Å². The highest BCUT2D eigenvalue weighted by molar-refractivity contribution is 9.10. The normalized spacial score (nSPS) is 11.2. The largest absolute Gasteiger partial charge is 0.462 e. The molecule has 0 saturated heterocycles. The highest BCUT2D eigenvalue weighted by Crippen LogP contribution is 2.24.